The zero-order valence-corrected chi connectivity index (χ0v) is 13.9. The molecule has 0 saturated carbocycles. The molecule has 6 nitrogen and oxygen atoms in total. The van der Waals surface area contributed by atoms with E-state index in [1.165, 1.54) is 0 Å². The molecule has 2 rings (SSSR count). The van der Waals surface area contributed by atoms with Crippen molar-refractivity contribution in [2.24, 2.45) is 0 Å². The molecular weight excluding hydrogens is 334 g/mol. The number of hydrogen-bond donors (Lipinski definition) is 3. The number of hydrogen-bond acceptors (Lipinski definition) is 4. The Hall–Kier alpha value is -2.74. The third kappa shape index (κ3) is 4.21. The maximum absolute atomic E-state index is 13.5. The van der Waals surface area contributed by atoms with E-state index in [-0.39, 0.29) is 11.4 Å². The predicted molar refractivity (Wildman–Crippen MR) is 86.2 cm³/mol. The summed E-state index contributed by atoms with van der Waals surface area (Å²) in [6.45, 7) is 4.28. The number of benzene rings is 1. The Morgan fingerprint density at radius 1 is 1.32 bits per heavy atom. The van der Waals surface area contributed by atoms with Gasteiger partial charge >= 0.3 is 5.97 Å². The van der Waals surface area contributed by atoms with Crippen molar-refractivity contribution in [3.63, 3.8) is 0 Å². The van der Waals surface area contributed by atoms with Gasteiger partial charge < -0.3 is 20.1 Å². The molecule has 3 N–H and O–H groups in total. The maximum atomic E-state index is 13.5. The van der Waals surface area contributed by atoms with Crippen molar-refractivity contribution < 1.29 is 28.2 Å². The summed E-state index contributed by atoms with van der Waals surface area (Å²) in [6, 6.07) is 2.69. The topological polar surface area (TPSA) is 91.4 Å². The van der Waals surface area contributed by atoms with E-state index in [4.69, 9.17) is 4.74 Å². The van der Waals surface area contributed by atoms with Crippen LogP contribution < -0.4 is 5.32 Å². The number of esters is 1. The first-order valence-electron chi connectivity index (χ1n) is 7.49. The van der Waals surface area contributed by atoms with Crippen molar-refractivity contribution >= 4 is 17.6 Å². The van der Waals surface area contributed by atoms with Gasteiger partial charge in [-0.15, -0.1) is 0 Å². The number of aromatic amines is 1. The molecule has 1 aromatic heterocycles. The van der Waals surface area contributed by atoms with E-state index in [9.17, 15) is 23.5 Å². The number of rotatable bonds is 5. The van der Waals surface area contributed by atoms with Crippen LogP contribution in [0.25, 0.3) is 0 Å². The molecule has 0 spiro atoms. The first kappa shape index (κ1) is 18.6. The first-order chi connectivity index (χ1) is 11.7. The molecule has 0 bridgehead atoms. The van der Waals surface area contributed by atoms with Gasteiger partial charge in [-0.1, -0.05) is 0 Å². The van der Waals surface area contributed by atoms with E-state index in [1.54, 1.807) is 20.8 Å². The molecular formula is C17H18F2N2O4. The van der Waals surface area contributed by atoms with Gasteiger partial charge in [0.15, 0.2) is 6.61 Å². The molecule has 1 heterocycles. The average Bonchev–Trinajstić information content (AvgIpc) is 2.82. The minimum Gasteiger partial charge on any atom is -0.451 e. The number of H-pyrrole nitrogens is 1. The highest BCUT2D eigenvalue weighted by Crippen LogP contribution is 2.24. The number of halogens is 2. The van der Waals surface area contributed by atoms with Gasteiger partial charge in [0, 0.05) is 17.3 Å². The van der Waals surface area contributed by atoms with Crippen LogP contribution in [0.2, 0.25) is 0 Å². The van der Waals surface area contributed by atoms with Gasteiger partial charge in [0.25, 0.3) is 5.91 Å². The van der Waals surface area contributed by atoms with Crippen molar-refractivity contribution in [3.05, 3.63) is 52.3 Å². The molecule has 0 fully saturated rings. The molecule has 8 heteroatoms. The third-order valence-corrected chi connectivity index (χ3v) is 3.66. The highest BCUT2D eigenvalue weighted by atomic mass is 19.1. The van der Waals surface area contributed by atoms with E-state index in [1.807, 2.05) is 0 Å². The lowest BCUT2D eigenvalue weighted by Gasteiger charge is -2.08. The van der Waals surface area contributed by atoms with Crippen LogP contribution in [-0.4, -0.2) is 28.6 Å². The van der Waals surface area contributed by atoms with Crippen LogP contribution in [0.15, 0.2) is 18.2 Å². The number of amides is 1. The predicted octanol–water partition coefficient (Wildman–Crippen LogP) is 2.76. The minimum absolute atomic E-state index is 0.133. The molecule has 0 aliphatic carbocycles. The van der Waals surface area contributed by atoms with Crippen LogP contribution >= 0.6 is 0 Å². The number of carbonyl (C=O) groups is 2. The number of nitrogens with one attached hydrogen (secondary N) is 2. The largest absolute Gasteiger partial charge is 0.451 e. The summed E-state index contributed by atoms with van der Waals surface area (Å²) in [7, 11) is 0. The lowest BCUT2D eigenvalue weighted by atomic mass is 10.1. The second-order valence-corrected chi connectivity index (χ2v) is 5.59. The summed E-state index contributed by atoms with van der Waals surface area (Å²) in [6.07, 6.45) is -0.762. The molecule has 134 valence electrons. The lowest BCUT2D eigenvalue weighted by molar-refractivity contribution is -0.119. The summed E-state index contributed by atoms with van der Waals surface area (Å²) < 4.78 is 31.2. The maximum Gasteiger partial charge on any atom is 0.355 e. The van der Waals surface area contributed by atoms with Gasteiger partial charge in [0.1, 0.15) is 17.3 Å². The van der Waals surface area contributed by atoms with Crippen LogP contribution in [0.5, 0.6) is 0 Å². The van der Waals surface area contributed by atoms with E-state index in [0.29, 0.717) is 22.9 Å². The van der Waals surface area contributed by atoms with Crippen LogP contribution in [0.4, 0.5) is 14.5 Å². The molecule has 0 saturated heterocycles. The van der Waals surface area contributed by atoms with Crippen molar-refractivity contribution in [2.45, 2.75) is 26.9 Å². The summed E-state index contributed by atoms with van der Waals surface area (Å²) >= 11 is 0. The highest BCUT2D eigenvalue weighted by Gasteiger charge is 2.21. The number of carbonyl (C=O) groups excluding carboxylic acids is 2. The van der Waals surface area contributed by atoms with Crippen molar-refractivity contribution in [1.29, 1.82) is 0 Å². The normalized spacial score (nSPS) is 11.9. The van der Waals surface area contributed by atoms with E-state index < -0.39 is 36.2 Å². The SMILES string of the molecule is Cc1[nH]c(C(=O)OCC(=O)Nc2ccc(F)cc2F)c(C)c1[C@H](C)O. The van der Waals surface area contributed by atoms with Crippen molar-refractivity contribution in [1.82, 2.24) is 4.98 Å². The van der Waals surface area contributed by atoms with Crippen molar-refractivity contribution in [3.8, 4) is 0 Å². The Bertz CT molecular complexity index is 815. The molecule has 25 heavy (non-hydrogen) atoms. The Balaban J connectivity index is 2.00. The van der Waals surface area contributed by atoms with Gasteiger partial charge in [0.2, 0.25) is 0 Å². The Morgan fingerprint density at radius 2 is 2.00 bits per heavy atom. The zero-order valence-electron chi connectivity index (χ0n) is 13.9. The molecule has 0 aliphatic rings. The number of anilines is 1. The summed E-state index contributed by atoms with van der Waals surface area (Å²) in [4.78, 5) is 26.6. The molecule has 0 unspecified atom stereocenters. The van der Waals surface area contributed by atoms with E-state index in [2.05, 4.69) is 10.3 Å². The average molecular weight is 352 g/mol. The Morgan fingerprint density at radius 3 is 2.56 bits per heavy atom. The molecule has 1 amide bonds. The summed E-state index contributed by atoms with van der Waals surface area (Å²) in [5.74, 6) is -3.25. The van der Waals surface area contributed by atoms with Crippen molar-refractivity contribution in [2.75, 3.05) is 11.9 Å². The van der Waals surface area contributed by atoms with Gasteiger partial charge in [-0.25, -0.2) is 13.6 Å². The number of aliphatic hydroxyl groups is 1. The second kappa shape index (κ2) is 7.43. The minimum atomic E-state index is -0.933. The standard InChI is InChI=1S/C17H18F2N2O4/c1-8-15(10(3)22)9(2)20-16(8)17(24)25-7-14(23)21-13-5-4-11(18)6-12(13)19/h4-6,10,20,22H,7H2,1-3H3,(H,21,23)/t10-/m0/s1. The summed E-state index contributed by atoms with van der Waals surface area (Å²) in [5, 5.41) is 11.9. The van der Waals surface area contributed by atoms with Crippen LogP contribution in [0.1, 0.15) is 40.3 Å². The number of ether oxygens (including phenoxy) is 1. The molecule has 2 aromatic rings. The monoisotopic (exact) mass is 352 g/mol. The molecule has 1 atom stereocenters. The first-order valence-corrected chi connectivity index (χ1v) is 7.49. The fourth-order valence-corrected chi connectivity index (χ4v) is 2.58. The van der Waals surface area contributed by atoms with E-state index >= 15 is 0 Å². The quantitative estimate of drug-likeness (QED) is 0.722. The Labute approximate surface area is 142 Å². The molecule has 0 aliphatic heterocycles. The van der Waals surface area contributed by atoms with Gasteiger partial charge in [-0.2, -0.15) is 0 Å². The highest BCUT2D eigenvalue weighted by molar-refractivity contribution is 5.95. The smallest absolute Gasteiger partial charge is 0.355 e. The number of aliphatic hydroxyl groups excluding tert-OH is 1. The third-order valence-electron chi connectivity index (χ3n) is 3.66. The van der Waals surface area contributed by atoms with E-state index in [0.717, 1.165) is 12.1 Å². The molecule has 0 radical (unpaired) electrons. The molecule has 1 aromatic carbocycles. The van der Waals surface area contributed by atoms with Crippen LogP contribution in [-0.2, 0) is 9.53 Å². The van der Waals surface area contributed by atoms with Crippen LogP contribution in [0.3, 0.4) is 0 Å². The fourth-order valence-electron chi connectivity index (χ4n) is 2.58. The summed E-state index contributed by atoms with van der Waals surface area (Å²) in [5.41, 5.74) is 1.66. The number of aryl methyl sites for hydroxylation is 1. The van der Waals surface area contributed by atoms with Gasteiger partial charge in [-0.3, -0.25) is 4.79 Å². The zero-order chi connectivity index (χ0) is 18.7. The number of aromatic nitrogens is 1. The second-order valence-electron chi connectivity index (χ2n) is 5.59. The van der Waals surface area contributed by atoms with Crippen LogP contribution in [0, 0.1) is 25.5 Å². The van der Waals surface area contributed by atoms with Gasteiger partial charge in [-0.05, 0) is 38.5 Å². The van der Waals surface area contributed by atoms with Gasteiger partial charge in [0.05, 0.1) is 11.8 Å². The fraction of sp³-hybridized carbons (Fsp3) is 0.294. The lowest BCUT2D eigenvalue weighted by Crippen LogP contribution is -2.22. The Kier molecular flexibility index (Phi) is 5.53.